The number of benzene rings is 1. The number of nitrogens with one attached hydrogen (secondary N) is 1. The predicted octanol–water partition coefficient (Wildman–Crippen LogP) is 3.02. The zero-order valence-corrected chi connectivity index (χ0v) is 16.6. The third-order valence-corrected chi connectivity index (χ3v) is 5.41. The van der Waals surface area contributed by atoms with Crippen molar-refractivity contribution in [2.75, 3.05) is 12.0 Å². The lowest BCUT2D eigenvalue weighted by molar-refractivity contribution is -0.141. The van der Waals surface area contributed by atoms with Gasteiger partial charge in [0, 0.05) is 34.6 Å². The number of fused-ring (bicyclic) bond motifs is 2. The van der Waals surface area contributed by atoms with Crippen LogP contribution in [0.25, 0.3) is 21.9 Å². The highest BCUT2D eigenvalue weighted by Crippen LogP contribution is 2.29. The molecule has 0 saturated heterocycles. The van der Waals surface area contributed by atoms with Gasteiger partial charge in [-0.25, -0.2) is 9.59 Å². The molecule has 0 aliphatic rings. The zero-order chi connectivity index (χ0) is 20.4. The molecule has 0 saturated carbocycles. The van der Waals surface area contributed by atoms with Gasteiger partial charge < -0.3 is 19.3 Å². The molecule has 2 heterocycles. The van der Waals surface area contributed by atoms with Crippen LogP contribution in [-0.2, 0) is 16.0 Å². The molecule has 8 heteroatoms. The maximum Gasteiger partial charge on any atom is 0.339 e. The standard InChI is InChI=1S/C20H21NO6S/c1-10-8-26-16-7-17-14(6-13(10)16)11(2)12(20(25)27-17)4-5-18(22)21-15(9-28-3)19(23)24/h6-8,15H,4-5,9H2,1-3H3,(H,21,22)(H,23,24)/t15-/m1/s1. The largest absolute Gasteiger partial charge is 0.480 e. The first-order valence-electron chi connectivity index (χ1n) is 8.77. The Hall–Kier alpha value is -2.74. The minimum absolute atomic E-state index is 0.00223. The smallest absolute Gasteiger partial charge is 0.339 e. The molecule has 0 fully saturated rings. The minimum Gasteiger partial charge on any atom is -0.480 e. The van der Waals surface area contributed by atoms with Crippen molar-refractivity contribution in [3.63, 3.8) is 0 Å². The fourth-order valence-electron chi connectivity index (χ4n) is 3.17. The second-order valence-electron chi connectivity index (χ2n) is 6.67. The van der Waals surface area contributed by atoms with Crippen LogP contribution in [0.1, 0.15) is 23.1 Å². The summed E-state index contributed by atoms with van der Waals surface area (Å²) < 4.78 is 10.9. The van der Waals surface area contributed by atoms with Crippen molar-refractivity contribution in [1.29, 1.82) is 0 Å². The number of carboxylic acid groups (broad SMARTS) is 1. The zero-order valence-electron chi connectivity index (χ0n) is 15.8. The van der Waals surface area contributed by atoms with Crippen molar-refractivity contribution in [3.8, 4) is 0 Å². The van der Waals surface area contributed by atoms with E-state index in [2.05, 4.69) is 5.32 Å². The first-order chi connectivity index (χ1) is 13.3. The van der Waals surface area contributed by atoms with Crippen LogP contribution < -0.4 is 10.9 Å². The van der Waals surface area contributed by atoms with E-state index < -0.39 is 23.5 Å². The summed E-state index contributed by atoms with van der Waals surface area (Å²) in [7, 11) is 0. The number of rotatable bonds is 7. The van der Waals surface area contributed by atoms with Gasteiger partial charge >= 0.3 is 11.6 Å². The lowest BCUT2D eigenvalue weighted by Gasteiger charge is -2.13. The second-order valence-corrected chi connectivity index (χ2v) is 7.58. The molecule has 2 aromatic heterocycles. The van der Waals surface area contributed by atoms with E-state index in [0.717, 1.165) is 21.9 Å². The van der Waals surface area contributed by atoms with E-state index in [1.165, 1.54) is 11.8 Å². The van der Waals surface area contributed by atoms with Gasteiger partial charge in [0.2, 0.25) is 5.91 Å². The van der Waals surface area contributed by atoms with E-state index in [1.54, 1.807) is 18.6 Å². The molecule has 3 aromatic rings. The molecule has 2 N–H and O–H groups in total. The maximum atomic E-state index is 12.4. The van der Waals surface area contributed by atoms with Crippen molar-refractivity contribution in [3.05, 3.63) is 45.5 Å². The molecule has 7 nitrogen and oxygen atoms in total. The van der Waals surface area contributed by atoms with Crippen LogP contribution in [0, 0.1) is 13.8 Å². The quantitative estimate of drug-likeness (QED) is 0.584. The van der Waals surface area contributed by atoms with E-state index in [0.29, 0.717) is 16.7 Å². The number of aliphatic carboxylic acids is 1. The monoisotopic (exact) mass is 403 g/mol. The summed E-state index contributed by atoms with van der Waals surface area (Å²) in [6.07, 6.45) is 3.59. The van der Waals surface area contributed by atoms with Gasteiger partial charge in [-0.05, 0) is 43.7 Å². The summed E-state index contributed by atoms with van der Waals surface area (Å²) in [5.41, 5.74) is 2.73. The van der Waals surface area contributed by atoms with E-state index in [-0.39, 0.29) is 18.6 Å². The lowest BCUT2D eigenvalue weighted by atomic mass is 10.0. The van der Waals surface area contributed by atoms with Crippen LogP contribution >= 0.6 is 11.8 Å². The van der Waals surface area contributed by atoms with Gasteiger partial charge in [-0.15, -0.1) is 0 Å². The minimum atomic E-state index is -1.08. The molecule has 3 rings (SSSR count). The molecular formula is C20H21NO6S. The summed E-state index contributed by atoms with van der Waals surface area (Å²) in [5, 5.41) is 13.4. The van der Waals surface area contributed by atoms with E-state index in [9.17, 15) is 14.4 Å². The van der Waals surface area contributed by atoms with E-state index in [4.69, 9.17) is 13.9 Å². The van der Waals surface area contributed by atoms with Crippen LogP contribution in [0.3, 0.4) is 0 Å². The van der Waals surface area contributed by atoms with E-state index >= 15 is 0 Å². The Bertz CT molecular complexity index is 1110. The summed E-state index contributed by atoms with van der Waals surface area (Å²) >= 11 is 1.34. The van der Waals surface area contributed by atoms with Crippen molar-refractivity contribution in [2.45, 2.75) is 32.7 Å². The molecule has 1 aromatic carbocycles. The SMILES string of the molecule is CSC[C@@H](NC(=O)CCc1c(C)c2cc3c(C)coc3cc2oc1=O)C(=O)O. The molecule has 1 atom stereocenters. The number of carbonyl (C=O) groups is 2. The molecule has 0 aliphatic carbocycles. The number of furan rings is 1. The van der Waals surface area contributed by atoms with Crippen LogP contribution in [-0.4, -0.2) is 35.0 Å². The average Bonchev–Trinajstić information content (AvgIpc) is 3.00. The van der Waals surface area contributed by atoms with Gasteiger partial charge in [-0.2, -0.15) is 11.8 Å². The molecule has 0 unspecified atom stereocenters. The van der Waals surface area contributed by atoms with Gasteiger partial charge in [0.25, 0.3) is 0 Å². The summed E-state index contributed by atoms with van der Waals surface area (Å²) in [6.45, 7) is 3.76. The Balaban J connectivity index is 1.85. The van der Waals surface area contributed by atoms with Gasteiger partial charge in [0.15, 0.2) is 0 Å². The highest BCUT2D eigenvalue weighted by Gasteiger charge is 2.20. The molecule has 148 valence electrons. The van der Waals surface area contributed by atoms with Crippen LogP contribution in [0.2, 0.25) is 0 Å². The Morgan fingerprint density at radius 2 is 1.96 bits per heavy atom. The molecule has 0 aliphatic heterocycles. The molecule has 0 radical (unpaired) electrons. The van der Waals surface area contributed by atoms with Crippen LogP contribution in [0.4, 0.5) is 0 Å². The molecule has 1 amide bonds. The highest BCUT2D eigenvalue weighted by molar-refractivity contribution is 7.98. The Labute approximate surface area is 165 Å². The third-order valence-electron chi connectivity index (χ3n) is 4.74. The molecule has 28 heavy (non-hydrogen) atoms. The van der Waals surface area contributed by atoms with Crippen LogP contribution in [0.5, 0.6) is 0 Å². The third kappa shape index (κ3) is 3.91. The van der Waals surface area contributed by atoms with Crippen molar-refractivity contribution < 1.29 is 23.5 Å². The number of hydrogen-bond acceptors (Lipinski definition) is 6. The number of thioether (sulfide) groups is 1. The normalized spacial score (nSPS) is 12.4. The van der Waals surface area contributed by atoms with Crippen molar-refractivity contribution in [1.82, 2.24) is 5.32 Å². The van der Waals surface area contributed by atoms with Gasteiger partial charge in [0.1, 0.15) is 17.2 Å². The summed E-state index contributed by atoms with van der Waals surface area (Å²) in [5.74, 6) is -1.22. The van der Waals surface area contributed by atoms with Gasteiger partial charge in [0.05, 0.1) is 6.26 Å². The number of carbonyl (C=O) groups excluding carboxylic acids is 1. The highest BCUT2D eigenvalue weighted by atomic mass is 32.2. The second kappa shape index (κ2) is 8.10. The number of hydrogen-bond donors (Lipinski definition) is 2. The first kappa shape index (κ1) is 20.0. The molecular weight excluding hydrogens is 382 g/mol. The molecule has 0 bridgehead atoms. The number of carboxylic acids is 1. The number of amides is 1. The Morgan fingerprint density at radius 1 is 1.21 bits per heavy atom. The van der Waals surface area contributed by atoms with Gasteiger partial charge in [-0.3, -0.25) is 4.79 Å². The lowest BCUT2D eigenvalue weighted by Crippen LogP contribution is -2.42. The summed E-state index contributed by atoms with van der Waals surface area (Å²) in [4.78, 5) is 35.7. The average molecular weight is 403 g/mol. The fourth-order valence-corrected chi connectivity index (χ4v) is 3.73. The topological polar surface area (TPSA) is 110 Å². The van der Waals surface area contributed by atoms with Crippen molar-refractivity contribution >= 4 is 45.6 Å². The predicted molar refractivity (Wildman–Crippen MR) is 108 cm³/mol. The van der Waals surface area contributed by atoms with Crippen molar-refractivity contribution in [2.24, 2.45) is 0 Å². The maximum absolute atomic E-state index is 12.4. The summed E-state index contributed by atoms with van der Waals surface area (Å²) in [6, 6.07) is 2.67. The Kier molecular flexibility index (Phi) is 5.79. The first-order valence-corrected chi connectivity index (χ1v) is 10.2. The molecule has 0 spiro atoms. The Morgan fingerprint density at radius 3 is 2.64 bits per heavy atom. The van der Waals surface area contributed by atoms with Gasteiger partial charge in [-0.1, -0.05) is 0 Å². The fraction of sp³-hybridized carbons (Fsp3) is 0.350. The number of aryl methyl sites for hydroxylation is 2. The van der Waals surface area contributed by atoms with E-state index in [1.807, 2.05) is 19.9 Å². The van der Waals surface area contributed by atoms with Crippen LogP contribution in [0.15, 0.2) is 32.0 Å².